The molecular weight excluding hydrogens is 570 g/mol. The highest BCUT2D eigenvalue weighted by atomic mass is 16.6. The molecule has 45 heavy (non-hydrogen) atoms. The summed E-state index contributed by atoms with van der Waals surface area (Å²) in [5.74, 6) is 1.11. The summed E-state index contributed by atoms with van der Waals surface area (Å²) in [6, 6.07) is 14.0. The highest BCUT2D eigenvalue weighted by Crippen LogP contribution is 2.35. The van der Waals surface area contributed by atoms with Gasteiger partial charge in [0.15, 0.2) is 5.65 Å². The Labute approximate surface area is 263 Å². The average molecular weight is 612 g/mol. The first-order valence-corrected chi connectivity index (χ1v) is 15.8. The van der Waals surface area contributed by atoms with Crippen molar-refractivity contribution in [2.75, 3.05) is 18.0 Å². The van der Waals surface area contributed by atoms with Crippen molar-refractivity contribution in [3.63, 3.8) is 0 Å². The van der Waals surface area contributed by atoms with E-state index < -0.39 is 23.7 Å². The van der Waals surface area contributed by atoms with Gasteiger partial charge < -0.3 is 24.3 Å². The number of hydrogen-bond donors (Lipinski definition) is 1. The van der Waals surface area contributed by atoms with Gasteiger partial charge in [-0.1, -0.05) is 44.2 Å². The van der Waals surface area contributed by atoms with Crippen LogP contribution in [0, 0.1) is 5.92 Å². The Bertz CT molecular complexity index is 1660. The van der Waals surface area contributed by atoms with E-state index in [2.05, 4.69) is 49.0 Å². The number of carbonyl (C=O) groups excluding carboxylic acids is 2. The number of aromatic nitrogens is 5. The van der Waals surface area contributed by atoms with Gasteiger partial charge in [-0.25, -0.2) is 29.5 Å². The number of anilines is 1. The Morgan fingerprint density at radius 2 is 1.67 bits per heavy atom. The number of carbonyl (C=O) groups is 2. The summed E-state index contributed by atoms with van der Waals surface area (Å²) >= 11 is 0. The molecule has 0 bridgehead atoms. The lowest BCUT2D eigenvalue weighted by atomic mass is 10.0. The van der Waals surface area contributed by atoms with Crippen LogP contribution < -0.4 is 10.2 Å². The molecule has 0 saturated carbocycles. The number of amides is 1. The van der Waals surface area contributed by atoms with E-state index in [4.69, 9.17) is 19.4 Å². The van der Waals surface area contributed by atoms with Crippen molar-refractivity contribution >= 4 is 29.2 Å². The Balaban J connectivity index is 1.08. The quantitative estimate of drug-likeness (QED) is 0.270. The molecule has 0 radical (unpaired) electrons. The average Bonchev–Trinajstić information content (AvgIpc) is 3.59. The van der Waals surface area contributed by atoms with Crippen molar-refractivity contribution in [3.05, 3.63) is 66.2 Å². The standard InChI is InChI=1S/C34H41N7O4/c1-21(2)29(39-33(43)45-34(3,4)5)31(42)44-24-15-17-40(18-16-24)32-35-19-23(20-36-32)25-11-12-26-30(38-25)41-27(13-14-28(41)37-26)22-9-7-6-8-10-22/h6-12,19-21,24,27,29H,13-18H2,1-5H3,(H,39,43)/t27-,29+/m1/s1. The number of hydrogen-bond acceptors (Lipinski definition) is 9. The Kier molecular flexibility index (Phi) is 8.44. The number of ether oxygens (including phenoxy) is 2. The molecule has 1 aromatic carbocycles. The number of pyridine rings is 1. The molecule has 1 saturated heterocycles. The molecule has 236 valence electrons. The first-order valence-electron chi connectivity index (χ1n) is 15.8. The van der Waals surface area contributed by atoms with E-state index in [1.54, 1.807) is 20.8 Å². The third-order valence-corrected chi connectivity index (χ3v) is 8.28. The number of alkyl carbamates (subject to hydrolysis) is 1. The zero-order valence-electron chi connectivity index (χ0n) is 26.6. The maximum absolute atomic E-state index is 13.0. The lowest BCUT2D eigenvalue weighted by Gasteiger charge is -2.33. The molecule has 2 aliphatic rings. The zero-order chi connectivity index (χ0) is 31.7. The third kappa shape index (κ3) is 6.77. The number of nitrogens with one attached hydrogen (secondary N) is 1. The topological polar surface area (TPSA) is 124 Å². The first-order chi connectivity index (χ1) is 21.6. The molecule has 11 heteroatoms. The van der Waals surface area contributed by atoms with Gasteiger partial charge in [0.05, 0.1) is 11.7 Å². The summed E-state index contributed by atoms with van der Waals surface area (Å²) < 4.78 is 13.4. The minimum Gasteiger partial charge on any atom is -0.461 e. The normalized spacial score (nSPS) is 17.7. The maximum Gasteiger partial charge on any atom is 0.408 e. The van der Waals surface area contributed by atoms with Crippen molar-refractivity contribution < 1.29 is 19.1 Å². The number of benzene rings is 1. The van der Waals surface area contributed by atoms with E-state index in [1.807, 2.05) is 44.4 Å². The van der Waals surface area contributed by atoms with Gasteiger partial charge in [-0.05, 0) is 50.8 Å². The van der Waals surface area contributed by atoms with Crippen LogP contribution in [-0.2, 0) is 20.7 Å². The van der Waals surface area contributed by atoms with Crippen molar-refractivity contribution in [3.8, 4) is 11.3 Å². The number of esters is 1. The van der Waals surface area contributed by atoms with Crippen molar-refractivity contribution in [2.24, 2.45) is 5.92 Å². The summed E-state index contributed by atoms with van der Waals surface area (Å²) in [7, 11) is 0. The lowest BCUT2D eigenvalue weighted by molar-refractivity contribution is -0.153. The summed E-state index contributed by atoms with van der Waals surface area (Å²) in [6.45, 7) is 10.4. The smallest absolute Gasteiger partial charge is 0.408 e. The molecule has 5 heterocycles. The summed E-state index contributed by atoms with van der Waals surface area (Å²) in [4.78, 5) is 46.5. The maximum atomic E-state index is 13.0. The second kappa shape index (κ2) is 12.5. The van der Waals surface area contributed by atoms with Crippen LogP contribution in [0.4, 0.5) is 10.7 Å². The zero-order valence-corrected chi connectivity index (χ0v) is 26.6. The molecule has 1 amide bonds. The molecule has 1 fully saturated rings. The summed E-state index contributed by atoms with van der Waals surface area (Å²) in [6.07, 6.45) is 5.98. The molecule has 4 aromatic rings. The lowest BCUT2D eigenvalue weighted by Crippen LogP contribution is -2.49. The van der Waals surface area contributed by atoms with E-state index in [9.17, 15) is 9.59 Å². The number of imidazole rings is 1. The van der Waals surface area contributed by atoms with E-state index >= 15 is 0 Å². The minimum absolute atomic E-state index is 0.146. The Hall–Kier alpha value is -4.54. The second-order valence-electron chi connectivity index (χ2n) is 13.2. The Morgan fingerprint density at radius 3 is 2.33 bits per heavy atom. The van der Waals surface area contributed by atoms with E-state index in [0.29, 0.717) is 31.9 Å². The van der Waals surface area contributed by atoms with E-state index in [1.165, 1.54) is 5.56 Å². The van der Waals surface area contributed by atoms with Crippen LogP contribution in [-0.4, -0.2) is 67.4 Å². The summed E-state index contributed by atoms with van der Waals surface area (Å²) in [5, 5.41) is 2.67. The molecule has 2 atom stereocenters. The third-order valence-electron chi connectivity index (χ3n) is 8.28. The molecule has 0 aliphatic carbocycles. The van der Waals surface area contributed by atoms with Crippen molar-refractivity contribution in [1.82, 2.24) is 29.8 Å². The van der Waals surface area contributed by atoms with Crippen LogP contribution in [0.2, 0.25) is 0 Å². The molecular formula is C34H41N7O4. The van der Waals surface area contributed by atoms with Crippen LogP contribution in [0.5, 0.6) is 0 Å². The molecule has 2 aliphatic heterocycles. The minimum atomic E-state index is -0.783. The summed E-state index contributed by atoms with van der Waals surface area (Å²) in [5.41, 5.74) is 4.05. The fourth-order valence-corrected chi connectivity index (χ4v) is 6.03. The van der Waals surface area contributed by atoms with Gasteiger partial charge in [0.2, 0.25) is 5.95 Å². The fourth-order valence-electron chi connectivity index (χ4n) is 6.03. The number of rotatable bonds is 7. The fraction of sp³-hybridized carbons (Fsp3) is 0.471. The van der Waals surface area contributed by atoms with Gasteiger partial charge >= 0.3 is 12.1 Å². The van der Waals surface area contributed by atoms with Crippen molar-refractivity contribution in [1.29, 1.82) is 0 Å². The molecule has 11 nitrogen and oxygen atoms in total. The first kappa shape index (κ1) is 30.5. The monoisotopic (exact) mass is 611 g/mol. The predicted molar refractivity (Wildman–Crippen MR) is 171 cm³/mol. The van der Waals surface area contributed by atoms with E-state index in [0.717, 1.165) is 41.1 Å². The van der Waals surface area contributed by atoms with Crippen LogP contribution in [0.3, 0.4) is 0 Å². The number of piperidine rings is 1. The Morgan fingerprint density at radius 1 is 0.956 bits per heavy atom. The van der Waals surface area contributed by atoms with Crippen molar-refractivity contribution in [2.45, 2.75) is 84.1 Å². The predicted octanol–water partition coefficient (Wildman–Crippen LogP) is 5.49. The van der Waals surface area contributed by atoms with Crippen LogP contribution in [0.1, 0.15) is 71.3 Å². The molecule has 3 aromatic heterocycles. The molecule has 6 rings (SSSR count). The van der Waals surface area contributed by atoms with Gasteiger partial charge in [-0.2, -0.15) is 0 Å². The highest BCUT2D eigenvalue weighted by molar-refractivity contribution is 5.82. The SMILES string of the molecule is CC(C)[C@H](NC(=O)OC(C)(C)C)C(=O)OC1CCN(c2ncc(-c3ccc4nc5n(c4n3)[C@@H](c3ccccc3)CC5)cn2)CC1. The largest absolute Gasteiger partial charge is 0.461 e. The van der Waals surface area contributed by atoms with Gasteiger partial charge in [0.1, 0.15) is 29.1 Å². The molecule has 0 unspecified atom stereocenters. The number of aryl methyl sites for hydroxylation is 1. The highest BCUT2D eigenvalue weighted by Gasteiger charge is 2.32. The van der Waals surface area contributed by atoms with Gasteiger partial charge in [-0.15, -0.1) is 0 Å². The number of nitrogens with zero attached hydrogens (tertiary/aromatic N) is 6. The number of fused-ring (bicyclic) bond motifs is 3. The van der Waals surface area contributed by atoms with Gasteiger partial charge in [0, 0.05) is 50.3 Å². The van der Waals surface area contributed by atoms with Crippen LogP contribution in [0.25, 0.3) is 22.4 Å². The molecule has 0 spiro atoms. The van der Waals surface area contributed by atoms with Crippen LogP contribution >= 0.6 is 0 Å². The van der Waals surface area contributed by atoms with Gasteiger partial charge in [-0.3, -0.25) is 0 Å². The van der Waals surface area contributed by atoms with Crippen LogP contribution in [0.15, 0.2) is 54.9 Å². The second-order valence-corrected chi connectivity index (χ2v) is 13.2. The van der Waals surface area contributed by atoms with Gasteiger partial charge in [0.25, 0.3) is 0 Å². The van der Waals surface area contributed by atoms with E-state index in [-0.39, 0.29) is 18.1 Å². The molecule has 1 N–H and O–H groups in total.